The standard InChI is InChI=1S/C27H23Cl3N2O3S/c1-3-35-25(34)22-21(18-13-11-16(2)12-14-18)15-36-24(22)32-26(27(28,29)30)31-23(33)20-10-6-8-17-7-4-5-9-19(17)20/h4-15,26,32H,3H2,1-2H3,(H,31,33)/t26-/m0/s1. The highest BCUT2D eigenvalue weighted by Crippen LogP contribution is 2.39. The van der Waals surface area contributed by atoms with Gasteiger partial charge < -0.3 is 15.4 Å². The second kappa shape index (κ2) is 11.1. The fourth-order valence-electron chi connectivity index (χ4n) is 3.78. The van der Waals surface area contributed by atoms with E-state index in [-0.39, 0.29) is 6.61 Å². The first-order valence-electron chi connectivity index (χ1n) is 11.2. The summed E-state index contributed by atoms with van der Waals surface area (Å²) in [5.41, 5.74) is 3.37. The van der Waals surface area contributed by atoms with E-state index in [4.69, 9.17) is 39.5 Å². The van der Waals surface area contributed by atoms with Crippen molar-refractivity contribution in [3.63, 3.8) is 0 Å². The van der Waals surface area contributed by atoms with Crippen LogP contribution in [0.3, 0.4) is 0 Å². The predicted molar refractivity (Wildman–Crippen MR) is 150 cm³/mol. The van der Waals surface area contributed by atoms with Crippen LogP contribution >= 0.6 is 46.1 Å². The van der Waals surface area contributed by atoms with Crippen molar-refractivity contribution in [1.82, 2.24) is 5.32 Å². The Kier molecular flexibility index (Phi) is 8.10. The number of fused-ring (bicyclic) bond motifs is 1. The molecule has 3 aromatic carbocycles. The van der Waals surface area contributed by atoms with Crippen LogP contribution in [0.5, 0.6) is 0 Å². The third-order valence-electron chi connectivity index (χ3n) is 5.55. The number of nitrogens with one attached hydrogen (secondary N) is 2. The van der Waals surface area contributed by atoms with E-state index in [1.807, 2.05) is 66.9 Å². The minimum absolute atomic E-state index is 0.202. The van der Waals surface area contributed by atoms with Gasteiger partial charge in [0.15, 0.2) is 0 Å². The molecule has 0 aliphatic carbocycles. The number of esters is 1. The number of thiophene rings is 1. The molecule has 0 fully saturated rings. The van der Waals surface area contributed by atoms with Crippen molar-refractivity contribution in [3.05, 3.63) is 88.8 Å². The molecule has 4 aromatic rings. The van der Waals surface area contributed by atoms with Crippen molar-refractivity contribution in [1.29, 1.82) is 0 Å². The highest BCUT2D eigenvalue weighted by atomic mass is 35.6. The number of hydrogen-bond donors (Lipinski definition) is 2. The Morgan fingerprint density at radius 2 is 1.69 bits per heavy atom. The topological polar surface area (TPSA) is 67.4 Å². The summed E-state index contributed by atoms with van der Waals surface area (Å²) in [7, 11) is 0. The molecule has 186 valence electrons. The van der Waals surface area contributed by atoms with Gasteiger partial charge in [-0.15, -0.1) is 11.3 Å². The average molecular weight is 562 g/mol. The Balaban J connectivity index is 1.69. The third-order valence-corrected chi connectivity index (χ3v) is 7.11. The number of alkyl halides is 3. The van der Waals surface area contributed by atoms with Crippen molar-refractivity contribution >= 4 is 73.8 Å². The molecule has 0 spiro atoms. The van der Waals surface area contributed by atoms with E-state index in [0.717, 1.165) is 21.9 Å². The van der Waals surface area contributed by atoms with Crippen LogP contribution in [0.25, 0.3) is 21.9 Å². The minimum atomic E-state index is -1.93. The summed E-state index contributed by atoms with van der Waals surface area (Å²) >= 11 is 20.1. The van der Waals surface area contributed by atoms with Crippen LogP contribution in [0, 0.1) is 6.92 Å². The van der Waals surface area contributed by atoms with E-state index in [1.54, 1.807) is 19.1 Å². The van der Waals surface area contributed by atoms with E-state index in [9.17, 15) is 9.59 Å². The summed E-state index contributed by atoms with van der Waals surface area (Å²) in [5, 5.41) is 9.77. The van der Waals surface area contributed by atoms with Crippen molar-refractivity contribution in [2.45, 2.75) is 23.8 Å². The summed E-state index contributed by atoms with van der Waals surface area (Å²) in [6, 6.07) is 20.7. The number of amides is 1. The van der Waals surface area contributed by atoms with Crippen LogP contribution in [0.1, 0.15) is 33.2 Å². The first-order valence-corrected chi connectivity index (χ1v) is 13.2. The largest absolute Gasteiger partial charge is 0.462 e. The van der Waals surface area contributed by atoms with E-state index < -0.39 is 21.8 Å². The number of hydrogen-bond acceptors (Lipinski definition) is 5. The number of halogens is 3. The minimum Gasteiger partial charge on any atom is -0.462 e. The van der Waals surface area contributed by atoms with Gasteiger partial charge in [-0.25, -0.2) is 4.79 Å². The van der Waals surface area contributed by atoms with Gasteiger partial charge in [0, 0.05) is 16.5 Å². The summed E-state index contributed by atoms with van der Waals surface area (Å²) in [5.74, 6) is -0.941. The van der Waals surface area contributed by atoms with Gasteiger partial charge in [0.2, 0.25) is 3.79 Å². The smallest absolute Gasteiger partial charge is 0.341 e. The summed E-state index contributed by atoms with van der Waals surface area (Å²) in [6.07, 6.45) is -1.15. The molecule has 9 heteroatoms. The molecule has 1 amide bonds. The van der Waals surface area contributed by atoms with Gasteiger partial charge in [-0.3, -0.25) is 4.79 Å². The average Bonchev–Trinajstić information content (AvgIpc) is 3.27. The molecule has 1 heterocycles. The van der Waals surface area contributed by atoms with Gasteiger partial charge in [-0.2, -0.15) is 0 Å². The molecule has 36 heavy (non-hydrogen) atoms. The van der Waals surface area contributed by atoms with E-state index >= 15 is 0 Å². The number of anilines is 1. The van der Waals surface area contributed by atoms with Gasteiger partial charge in [-0.05, 0) is 36.2 Å². The second-order valence-electron chi connectivity index (χ2n) is 8.06. The zero-order chi connectivity index (χ0) is 25.9. The zero-order valence-corrected chi connectivity index (χ0v) is 22.6. The molecule has 1 aromatic heterocycles. The highest BCUT2D eigenvalue weighted by Gasteiger charge is 2.36. The van der Waals surface area contributed by atoms with Crippen LogP contribution in [0.15, 0.2) is 72.1 Å². The quantitative estimate of drug-likeness (QED) is 0.139. The number of ether oxygens (including phenoxy) is 1. The van der Waals surface area contributed by atoms with Gasteiger partial charge in [0.05, 0.1) is 6.61 Å². The van der Waals surface area contributed by atoms with Crippen LogP contribution in [0.2, 0.25) is 0 Å². The SMILES string of the molecule is CCOC(=O)c1c(-c2ccc(C)cc2)csc1N[C@H](NC(=O)c1cccc2ccccc12)C(Cl)(Cl)Cl. The van der Waals surface area contributed by atoms with Crippen molar-refractivity contribution in [2.24, 2.45) is 0 Å². The lowest BCUT2D eigenvalue weighted by Crippen LogP contribution is -2.49. The van der Waals surface area contributed by atoms with Gasteiger partial charge in [0.1, 0.15) is 16.7 Å². The summed E-state index contributed by atoms with van der Waals surface area (Å²) < 4.78 is 3.39. The van der Waals surface area contributed by atoms with Gasteiger partial charge >= 0.3 is 5.97 Å². The summed E-state index contributed by atoms with van der Waals surface area (Å²) in [4.78, 5) is 26.2. The number of rotatable bonds is 7. The molecule has 2 N–H and O–H groups in total. The molecule has 0 unspecified atom stereocenters. The highest BCUT2D eigenvalue weighted by molar-refractivity contribution is 7.15. The fourth-order valence-corrected chi connectivity index (χ4v) is 5.09. The van der Waals surface area contributed by atoms with Crippen molar-refractivity contribution in [3.8, 4) is 11.1 Å². The molecule has 0 radical (unpaired) electrons. The fraction of sp³-hybridized carbons (Fsp3) is 0.185. The Morgan fingerprint density at radius 3 is 2.39 bits per heavy atom. The van der Waals surface area contributed by atoms with E-state index in [2.05, 4.69) is 10.6 Å². The Hall–Kier alpha value is -2.77. The number of carbonyl (C=O) groups is 2. The normalized spacial score (nSPS) is 12.2. The first-order chi connectivity index (χ1) is 17.2. The summed E-state index contributed by atoms with van der Waals surface area (Å²) in [6.45, 7) is 3.92. The number of benzene rings is 3. The second-order valence-corrected chi connectivity index (χ2v) is 11.3. The van der Waals surface area contributed by atoms with Gasteiger partial charge in [-0.1, -0.05) is 101 Å². The molecule has 0 saturated heterocycles. The maximum absolute atomic E-state index is 13.3. The van der Waals surface area contributed by atoms with Crippen LogP contribution in [0.4, 0.5) is 5.00 Å². The Bertz CT molecular complexity index is 1390. The molecular weight excluding hydrogens is 539 g/mol. The van der Waals surface area contributed by atoms with Gasteiger partial charge in [0.25, 0.3) is 5.91 Å². The third kappa shape index (κ3) is 5.79. The Morgan fingerprint density at radius 1 is 1.00 bits per heavy atom. The first kappa shape index (κ1) is 26.3. The van der Waals surface area contributed by atoms with Crippen molar-refractivity contribution < 1.29 is 14.3 Å². The lowest BCUT2D eigenvalue weighted by molar-refractivity contribution is 0.0529. The van der Waals surface area contributed by atoms with Crippen molar-refractivity contribution in [2.75, 3.05) is 11.9 Å². The van der Waals surface area contributed by atoms with Crippen LogP contribution in [-0.2, 0) is 4.74 Å². The molecule has 0 aliphatic rings. The van der Waals surface area contributed by atoms with Crippen LogP contribution < -0.4 is 10.6 Å². The molecule has 0 aliphatic heterocycles. The monoisotopic (exact) mass is 560 g/mol. The molecular formula is C27H23Cl3N2O3S. The molecule has 4 rings (SSSR count). The van der Waals surface area contributed by atoms with E-state index in [0.29, 0.717) is 21.7 Å². The van der Waals surface area contributed by atoms with E-state index in [1.165, 1.54) is 11.3 Å². The zero-order valence-electron chi connectivity index (χ0n) is 19.5. The number of carbonyl (C=O) groups excluding carboxylic acids is 2. The molecule has 0 bridgehead atoms. The predicted octanol–water partition coefficient (Wildman–Crippen LogP) is 7.59. The maximum Gasteiger partial charge on any atom is 0.341 e. The molecule has 5 nitrogen and oxygen atoms in total. The lowest BCUT2D eigenvalue weighted by atomic mass is 10.0. The van der Waals surface area contributed by atoms with Crippen LogP contribution in [-0.4, -0.2) is 28.4 Å². The molecule has 1 atom stereocenters. The maximum atomic E-state index is 13.3. The Labute approximate surface area is 228 Å². The lowest BCUT2D eigenvalue weighted by Gasteiger charge is -2.27. The number of aryl methyl sites for hydroxylation is 1. The molecule has 0 saturated carbocycles.